The molecular formula is C12H15FN2O. The first-order chi connectivity index (χ1) is 7.49. The molecule has 1 fully saturated rings. The van der Waals surface area contributed by atoms with Crippen LogP contribution < -0.4 is 0 Å². The lowest BCUT2D eigenvalue weighted by Crippen LogP contribution is -2.31. The minimum atomic E-state index is -0.683. The summed E-state index contributed by atoms with van der Waals surface area (Å²) >= 11 is 0. The molecule has 86 valence electrons. The van der Waals surface area contributed by atoms with Crippen LogP contribution in [0.2, 0.25) is 0 Å². The average molecular weight is 222 g/mol. The molecule has 0 radical (unpaired) electrons. The van der Waals surface area contributed by atoms with Crippen LogP contribution >= 0.6 is 0 Å². The monoisotopic (exact) mass is 222 g/mol. The predicted molar refractivity (Wildman–Crippen MR) is 58.5 cm³/mol. The van der Waals surface area contributed by atoms with Crippen molar-refractivity contribution in [2.24, 2.45) is 5.41 Å². The Morgan fingerprint density at radius 1 is 1.56 bits per heavy atom. The van der Waals surface area contributed by atoms with Crippen molar-refractivity contribution >= 4 is 5.91 Å². The van der Waals surface area contributed by atoms with E-state index >= 15 is 0 Å². The minimum Gasteiger partial charge on any atom is -0.338 e. The van der Waals surface area contributed by atoms with Crippen molar-refractivity contribution in [1.29, 1.82) is 0 Å². The van der Waals surface area contributed by atoms with Crippen molar-refractivity contribution in [2.75, 3.05) is 13.1 Å². The zero-order valence-corrected chi connectivity index (χ0v) is 9.53. The third-order valence-electron chi connectivity index (χ3n) is 2.95. The van der Waals surface area contributed by atoms with Crippen molar-refractivity contribution in [3.8, 4) is 0 Å². The standard InChI is InChI=1S/C12H15FN2O/c1-12(2)5-7-15(8-12)11(16)9-4-3-6-14-10(9)13/h3-4,6H,5,7-8H2,1-2H3. The van der Waals surface area contributed by atoms with Crippen LogP contribution in [-0.2, 0) is 0 Å². The SMILES string of the molecule is CC1(C)CCN(C(=O)c2cccnc2F)C1. The molecule has 2 rings (SSSR count). The molecule has 2 heterocycles. The molecule has 4 heteroatoms. The van der Waals surface area contributed by atoms with Crippen LogP contribution in [0.4, 0.5) is 4.39 Å². The van der Waals surface area contributed by atoms with Crippen molar-refractivity contribution in [1.82, 2.24) is 9.88 Å². The molecule has 0 unspecified atom stereocenters. The van der Waals surface area contributed by atoms with Gasteiger partial charge in [0.2, 0.25) is 5.95 Å². The van der Waals surface area contributed by atoms with Gasteiger partial charge in [-0.25, -0.2) is 4.98 Å². The average Bonchev–Trinajstić information content (AvgIpc) is 2.59. The maximum atomic E-state index is 13.3. The summed E-state index contributed by atoms with van der Waals surface area (Å²) in [7, 11) is 0. The van der Waals surface area contributed by atoms with Gasteiger partial charge in [0.05, 0.1) is 5.56 Å². The summed E-state index contributed by atoms with van der Waals surface area (Å²) in [6, 6.07) is 3.06. The fourth-order valence-electron chi connectivity index (χ4n) is 2.00. The van der Waals surface area contributed by atoms with E-state index in [0.29, 0.717) is 13.1 Å². The number of carbonyl (C=O) groups is 1. The van der Waals surface area contributed by atoms with Gasteiger partial charge in [-0.2, -0.15) is 4.39 Å². The number of aromatic nitrogens is 1. The van der Waals surface area contributed by atoms with E-state index in [1.54, 1.807) is 11.0 Å². The van der Waals surface area contributed by atoms with E-state index in [1.807, 2.05) is 0 Å². The number of halogens is 1. The molecule has 3 nitrogen and oxygen atoms in total. The molecule has 1 aromatic rings. The highest BCUT2D eigenvalue weighted by Crippen LogP contribution is 2.29. The summed E-state index contributed by atoms with van der Waals surface area (Å²) in [4.78, 5) is 17.2. The molecule has 0 atom stereocenters. The Morgan fingerprint density at radius 3 is 2.88 bits per heavy atom. The van der Waals surface area contributed by atoms with Gasteiger partial charge < -0.3 is 4.90 Å². The molecule has 0 aromatic carbocycles. The quantitative estimate of drug-likeness (QED) is 0.682. The van der Waals surface area contributed by atoms with E-state index in [9.17, 15) is 9.18 Å². The molecule has 0 saturated carbocycles. The highest BCUT2D eigenvalue weighted by Gasteiger charge is 2.33. The largest absolute Gasteiger partial charge is 0.338 e. The van der Waals surface area contributed by atoms with Crippen LogP contribution in [0.3, 0.4) is 0 Å². The summed E-state index contributed by atoms with van der Waals surface area (Å²) in [6.45, 7) is 5.60. The van der Waals surface area contributed by atoms with Gasteiger partial charge in [-0.15, -0.1) is 0 Å². The third kappa shape index (κ3) is 2.05. The Labute approximate surface area is 94.3 Å². The predicted octanol–water partition coefficient (Wildman–Crippen LogP) is 2.09. The summed E-state index contributed by atoms with van der Waals surface area (Å²) in [5.74, 6) is -0.937. The maximum Gasteiger partial charge on any atom is 0.258 e. The van der Waals surface area contributed by atoms with Crippen LogP contribution in [0.5, 0.6) is 0 Å². The Morgan fingerprint density at radius 2 is 2.31 bits per heavy atom. The number of hydrogen-bond acceptors (Lipinski definition) is 2. The van der Waals surface area contributed by atoms with Gasteiger partial charge in [0, 0.05) is 19.3 Å². The molecule has 0 N–H and O–H groups in total. The summed E-state index contributed by atoms with van der Waals surface area (Å²) in [5.41, 5.74) is 0.203. The van der Waals surface area contributed by atoms with Crippen LogP contribution in [0.25, 0.3) is 0 Å². The van der Waals surface area contributed by atoms with Crippen LogP contribution in [0.1, 0.15) is 30.6 Å². The molecule has 0 aliphatic carbocycles. The van der Waals surface area contributed by atoms with Gasteiger partial charge in [0.1, 0.15) is 0 Å². The molecule has 1 aromatic heterocycles. The molecule has 1 aliphatic rings. The first kappa shape index (κ1) is 11.0. The van der Waals surface area contributed by atoms with E-state index in [1.165, 1.54) is 12.3 Å². The lowest BCUT2D eigenvalue weighted by molar-refractivity contribution is 0.0772. The fourth-order valence-corrected chi connectivity index (χ4v) is 2.00. The summed E-state index contributed by atoms with van der Waals surface area (Å²) in [6.07, 6.45) is 2.31. The third-order valence-corrected chi connectivity index (χ3v) is 2.95. The summed E-state index contributed by atoms with van der Waals surface area (Å²) in [5, 5.41) is 0. The molecule has 1 saturated heterocycles. The van der Waals surface area contributed by atoms with Gasteiger partial charge in [-0.1, -0.05) is 13.8 Å². The van der Waals surface area contributed by atoms with E-state index < -0.39 is 5.95 Å². The van der Waals surface area contributed by atoms with Gasteiger partial charge >= 0.3 is 0 Å². The van der Waals surface area contributed by atoms with E-state index in [-0.39, 0.29) is 16.9 Å². The molecule has 1 aliphatic heterocycles. The maximum absolute atomic E-state index is 13.3. The zero-order valence-electron chi connectivity index (χ0n) is 9.53. The van der Waals surface area contributed by atoms with Gasteiger partial charge in [0.25, 0.3) is 5.91 Å². The molecule has 16 heavy (non-hydrogen) atoms. The topological polar surface area (TPSA) is 33.2 Å². The van der Waals surface area contributed by atoms with E-state index in [2.05, 4.69) is 18.8 Å². The normalized spacial score (nSPS) is 18.8. The number of amides is 1. The van der Waals surface area contributed by atoms with Gasteiger partial charge in [0.15, 0.2) is 0 Å². The number of likely N-dealkylation sites (tertiary alicyclic amines) is 1. The van der Waals surface area contributed by atoms with Crippen molar-refractivity contribution in [3.05, 3.63) is 29.8 Å². The van der Waals surface area contributed by atoms with Gasteiger partial charge in [-0.3, -0.25) is 4.79 Å². The number of pyridine rings is 1. The van der Waals surface area contributed by atoms with E-state index in [4.69, 9.17) is 0 Å². The van der Waals surface area contributed by atoms with Crippen LogP contribution in [0.15, 0.2) is 18.3 Å². The fraction of sp³-hybridized carbons (Fsp3) is 0.500. The number of rotatable bonds is 1. The Kier molecular flexibility index (Phi) is 2.66. The molecular weight excluding hydrogens is 207 g/mol. The Bertz CT molecular complexity index is 417. The second-order valence-corrected chi connectivity index (χ2v) is 4.98. The molecule has 0 spiro atoms. The first-order valence-corrected chi connectivity index (χ1v) is 5.39. The second kappa shape index (κ2) is 3.85. The summed E-state index contributed by atoms with van der Waals surface area (Å²) < 4.78 is 13.3. The highest BCUT2D eigenvalue weighted by atomic mass is 19.1. The van der Waals surface area contributed by atoms with Crippen molar-refractivity contribution < 1.29 is 9.18 Å². The van der Waals surface area contributed by atoms with Crippen LogP contribution in [0, 0.1) is 11.4 Å². The van der Waals surface area contributed by atoms with E-state index in [0.717, 1.165) is 6.42 Å². The lowest BCUT2D eigenvalue weighted by Gasteiger charge is -2.19. The highest BCUT2D eigenvalue weighted by molar-refractivity contribution is 5.94. The number of nitrogens with zero attached hydrogens (tertiary/aromatic N) is 2. The Balaban J connectivity index is 2.18. The number of carbonyl (C=O) groups excluding carboxylic acids is 1. The van der Waals surface area contributed by atoms with Crippen LogP contribution in [-0.4, -0.2) is 28.9 Å². The second-order valence-electron chi connectivity index (χ2n) is 4.98. The number of hydrogen-bond donors (Lipinski definition) is 0. The van der Waals surface area contributed by atoms with Gasteiger partial charge in [-0.05, 0) is 24.0 Å². The molecule has 1 amide bonds. The van der Waals surface area contributed by atoms with Crippen molar-refractivity contribution in [2.45, 2.75) is 20.3 Å². The molecule has 0 bridgehead atoms. The first-order valence-electron chi connectivity index (χ1n) is 5.39. The minimum absolute atomic E-state index is 0.0696. The Hall–Kier alpha value is -1.45. The lowest BCUT2D eigenvalue weighted by atomic mass is 9.93. The van der Waals surface area contributed by atoms with Crippen molar-refractivity contribution in [3.63, 3.8) is 0 Å². The zero-order chi connectivity index (χ0) is 11.8. The smallest absolute Gasteiger partial charge is 0.258 e.